The number of pyridine rings is 1. The first-order valence-electron chi connectivity index (χ1n) is 12.4. The Morgan fingerprint density at radius 2 is 1.60 bits per heavy atom. The quantitative estimate of drug-likeness (QED) is 0.282. The van der Waals surface area contributed by atoms with Crippen LogP contribution < -0.4 is 27.6 Å². The summed E-state index contributed by atoms with van der Waals surface area (Å²) in [7, 11) is 0. The van der Waals surface area contributed by atoms with Gasteiger partial charge in [-0.25, -0.2) is 37.3 Å². The Kier molecular flexibility index (Phi) is 5.85. The lowest BCUT2D eigenvalue weighted by atomic mass is 9.44. The van der Waals surface area contributed by atoms with E-state index in [0.717, 1.165) is 26.8 Å². The van der Waals surface area contributed by atoms with Crippen molar-refractivity contribution in [2.75, 3.05) is 10.6 Å². The molecular formula is C26H23F3N8O3. The number of aromatic nitrogens is 6. The predicted octanol–water partition coefficient (Wildman–Crippen LogP) is 1.90. The molecule has 0 saturated heterocycles. The average molecular weight is 553 g/mol. The standard InChI is InChI=1S/C26H23F3N8O3/c1-14-7-31-21(32-8-14)34-25-11-26(12-25,13-25)35-22-33-23(39)37(10-16-3-2-4-30-20(16)38)24(40)36(22)9-15-5-17(27)19(29)18(28)6-15/h2-8H,9-13H2,1H3,(H,30,38)(H,31,32,34)(H,33,35,39). The SMILES string of the molecule is Cc1cnc(NC23CC(Nc4nc(=O)n(Cc5ccc[nH]c5=O)c(=O)n4Cc4cc(F)c(F)c(F)c4)(C2)C3)nc1. The number of rotatable bonds is 8. The summed E-state index contributed by atoms with van der Waals surface area (Å²) in [5.41, 5.74) is -1.97. The molecule has 0 unspecified atom stereocenters. The molecule has 2 bridgehead atoms. The van der Waals surface area contributed by atoms with Crippen molar-refractivity contribution in [2.45, 2.75) is 50.4 Å². The smallest absolute Gasteiger partial charge is 0.350 e. The number of nitrogens with one attached hydrogen (secondary N) is 3. The first-order chi connectivity index (χ1) is 19.1. The molecule has 3 saturated carbocycles. The summed E-state index contributed by atoms with van der Waals surface area (Å²) in [4.78, 5) is 53.8. The van der Waals surface area contributed by atoms with Crippen molar-refractivity contribution in [1.29, 1.82) is 0 Å². The van der Waals surface area contributed by atoms with Gasteiger partial charge in [0.2, 0.25) is 11.9 Å². The minimum absolute atomic E-state index is 0.0571. The third kappa shape index (κ3) is 4.44. The fourth-order valence-electron chi connectivity index (χ4n) is 5.52. The third-order valence-electron chi connectivity index (χ3n) is 7.33. The van der Waals surface area contributed by atoms with E-state index in [0.29, 0.717) is 25.2 Å². The molecule has 3 N–H and O–H groups in total. The van der Waals surface area contributed by atoms with Crippen LogP contribution in [0.25, 0.3) is 0 Å². The van der Waals surface area contributed by atoms with Gasteiger partial charge in [0.25, 0.3) is 5.56 Å². The fraction of sp³-hybridized carbons (Fsp3) is 0.308. The molecule has 206 valence electrons. The van der Waals surface area contributed by atoms with Crippen LogP contribution in [0, 0.1) is 24.4 Å². The second-order valence-electron chi connectivity index (χ2n) is 10.5. The number of aryl methyl sites for hydroxylation is 1. The lowest BCUT2D eigenvalue weighted by Crippen LogP contribution is -2.78. The van der Waals surface area contributed by atoms with Gasteiger partial charge in [-0.3, -0.25) is 9.36 Å². The maximum Gasteiger partial charge on any atom is 0.355 e. The van der Waals surface area contributed by atoms with E-state index in [-0.39, 0.29) is 29.2 Å². The first kappa shape index (κ1) is 25.5. The summed E-state index contributed by atoms with van der Waals surface area (Å²) in [6.07, 6.45) is 6.68. The Balaban J connectivity index is 1.32. The molecule has 4 aromatic rings. The van der Waals surface area contributed by atoms with Gasteiger partial charge in [0.15, 0.2) is 17.5 Å². The molecule has 0 spiro atoms. The van der Waals surface area contributed by atoms with Crippen molar-refractivity contribution in [2.24, 2.45) is 0 Å². The van der Waals surface area contributed by atoms with Crippen LogP contribution in [-0.4, -0.2) is 40.1 Å². The Labute approximate surface area is 223 Å². The largest absolute Gasteiger partial charge is 0.355 e. The number of nitrogens with zero attached hydrogens (tertiary/aromatic N) is 5. The highest BCUT2D eigenvalue weighted by Gasteiger charge is 2.69. The summed E-state index contributed by atoms with van der Waals surface area (Å²) in [5.74, 6) is -4.07. The molecule has 0 radical (unpaired) electrons. The second kappa shape index (κ2) is 9.17. The van der Waals surface area contributed by atoms with E-state index in [4.69, 9.17) is 0 Å². The lowest BCUT2D eigenvalue weighted by molar-refractivity contribution is -0.0155. The summed E-state index contributed by atoms with van der Waals surface area (Å²) >= 11 is 0. The van der Waals surface area contributed by atoms with E-state index in [1.807, 2.05) is 6.92 Å². The molecule has 0 aliphatic heterocycles. The molecule has 7 rings (SSSR count). The summed E-state index contributed by atoms with van der Waals surface area (Å²) in [5, 5.41) is 6.51. The number of hydrogen-bond acceptors (Lipinski definition) is 8. The average Bonchev–Trinajstić information content (AvgIpc) is 2.87. The number of H-pyrrole nitrogens is 1. The maximum atomic E-state index is 14.0. The molecule has 3 aromatic heterocycles. The first-order valence-corrected chi connectivity index (χ1v) is 12.4. The zero-order chi connectivity index (χ0) is 28.2. The van der Waals surface area contributed by atoms with Crippen molar-refractivity contribution < 1.29 is 13.2 Å². The van der Waals surface area contributed by atoms with Gasteiger partial charge in [0, 0.05) is 35.2 Å². The van der Waals surface area contributed by atoms with Crippen molar-refractivity contribution in [3.05, 3.63) is 108 Å². The van der Waals surface area contributed by atoms with E-state index >= 15 is 0 Å². The van der Waals surface area contributed by atoms with Gasteiger partial charge in [0.05, 0.1) is 13.1 Å². The molecule has 0 amide bonds. The van der Waals surface area contributed by atoms with Crippen LogP contribution in [0.3, 0.4) is 0 Å². The minimum atomic E-state index is -1.63. The van der Waals surface area contributed by atoms with Crippen molar-refractivity contribution in [3.63, 3.8) is 0 Å². The van der Waals surface area contributed by atoms with E-state index in [2.05, 4.69) is 30.6 Å². The van der Waals surface area contributed by atoms with Crippen molar-refractivity contribution in [3.8, 4) is 0 Å². The Bertz CT molecular complexity index is 1770. The highest BCUT2D eigenvalue weighted by molar-refractivity contribution is 5.49. The Hall–Kier alpha value is -4.75. The van der Waals surface area contributed by atoms with Crippen LogP contribution >= 0.6 is 0 Å². The van der Waals surface area contributed by atoms with Crippen LogP contribution in [0.5, 0.6) is 0 Å². The molecular weight excluding hydrogens is 529 g/mol. The lowest BCUT2D eigenvalue weighted by Gasteiger charge is -2.70. The Morgan fingerprint density at radius 1 is 0.950 bits per heavy atom. The van der Waals surface area contributed by atoms with Gasteiger partial charge in [0.1, 0.15) is 0 Å². The van der Waals surface area contributed by atoms with Gasteiger partial charge in [-0.1, -0.05) is 6.07 Å². The molecule has 0 atom stereocenters. The van der Waals surface area contributed by atoms with Gasteiger partial charge >= 0.3 is 11.4 Å². The number of benzene rings is 1. The van der Waals surface area contributed by atoms with Crippen molar-refractivity contribution >= 4 is 11.9 Å². The monoisotopic (exact) mass is 552 g/mol. The highest BCUT2D eigenvalue weighted by Crippen LogP contribution is 2.62. The summed E-state index contributed by atoms with van der Waals surface area (Å²) < 4.78 is 43.3. The van der Waals surface area contributed by atoms with Gasteiger partial charge in [-0.05, 0) is 55.5 Å². The Morgan fingerprint density at radius 3 is 2.25 bits per heavy atom. The van der Waals surface area contributed by atoms with Crippen LogP contribution in [-0.2, 0) is 13.1 Å². The third-order valence-corrected chi connectivity index (χ3v) is 7.33. The molecule has 3 aliphatic rings. The summed E-state index contributed by atoms with van der Waals surface area (Å²) in [6, 6.07) is 4.54. The number of anilines is 2. The van der Waals surface area contributed by atoms with Crippen LogP contribution in [0.15, 0.2) is 57.2 Å². The van der Waals surface area contributed by atoms with E-state index < -0.39 is 46.5 Å². The molecule has 3 aliphatic carbocycles. The van der Waals surface area contributed by atoms with Crippen LogP contribution in [0.1, 0.15) is 36.0 Å². The molecule has 40 heavy (non-hydrogen) atoms. The maximum absolute atomic E-state index is 14.0. The molecule has 1 aromatic carbocycles. The van der Waals surface area contributed by atoms with Gasteiger partial charge in [-0.15, -0.1) is 0 Å². The van der Waals surface area contributed by atoms with Crippen LogP contribution in [0.4, 0.5) is 25.1 Å². The number of aromatic amines is 1. The molecule has 3 heterocycles. The highest BCUT2D eigenvalue weighted by atomic mass is 19.2. The van der Waals surface area contributed by atoms with E-state index in [9.17, 15) is 27.6 Å². The minimum Gasteiger partial charge on any atom is -0.350 e. The molecule has 3 fully saturated rings. The van der Waals surface area contributed by atoms with Crippen LogP contribution in [0.2, 0.25) is 0 Å². The molecule has 14 heteroatoms. The van der Waals surface area contributed by atoms with Gasteiger partial charge < -0.3 is 15.6 Å². The second-order valence-corrected chi connectivity index (χ2v) is 10.5. The zero-order valence-corrected chi connectivity index (χ0v) is 21.2. The normalized spacial score (nSPS) is 20.9. The van der Waals surface area contributed by atoms with Gasteiger partial charge in [-0.2, -0.15) is 4.98 Å². The van der Waals surface area contributed by atoms with E-state index in [1.54, 1.807) is 18.5 Å². The molecule has 11 nitrogen and oxygen atoms in total. The predicted molar refractivity (Wildman–Crippen MR) is 138 cm³/mol. The summed E-state index contributed by atoms with van der Waals surface area (Å²) in [6.45, 7) is 1.10. The zero-order valence-electron chi connectivity index (χ0n) is 21.2. The fourth-order valence-corrected chi connectivity index (χ4v) is 5.52. The van der Waals surface area contributed by atoms with E-state index in [1.165, 1.54) is 12.3 Å². The number of hydrogen-bond donors (Lipinski definition) is 3. The topological polar surface area (TPSA) is 140 Å². The number of halogens is 3. The van der Waals surface area contributed by atoms with Crippen molar-refractivity contribution in [1.82, 2.24) is 29.1 Å².